The summed E-state index contributed by atoms with van der Waals surface area (Å²) in [5.74, 6) is 0.851. The minimum Gasteiger partial charge on any atom is -0.496 e. The van der Waals surface area contributed by atoms with Crippen LogP contribution in [0, 0.1) is 13.8 Å². The van der Waals surface area contributed by atoms with Gasteiger partial charge in [0.15, 0.2) is 6.29 Å². The highest BCUT2D eigenvalue weighted by atomic mass is 16.5. The maximum atomic E-state index is 11.2. The van der Waals surface area contributed by atoms with Crippen LogP contribution in [0.2, 0.25) is 0 Å². The Hall–Kier alpha value is -2.10. The standard InChI is InChI=1S/C15H18N2O2/c1-5-17-8-12(9-18)15(16-17)13-6-11(3)14(19-4)7-10(13)2/h6-9H,5H2,1-4H3. The molecule has 0 radical (unpaired) electrons. The first-order valence-electron chi connectivity index (χ1n) is 6.29. The Morgan fingerprint density at radius 2 is 2.05 bits per heavy atom. The number of benzene rings is 1. The summed E-state index contributed by atoms with van der Waals surface area (Å²) in [6.07, 6.45) is 2.63. The van der Waals surface area contributed by atoms with Crippen molar-refractivity contribution in [1.29, 1.82) is 0 Å². The Labute approximate surface area is 113 Å². The normalized spacial score (nSPS) is 10.5. The molecule has 0 unspecified atom stereocenters. The van der Waals surface area contributed by atoms with Gasteiger partial charge in [0.05, 0.1) is 12.7 Å². The van der Waals surface area contributed by atoms with Gasteiger partial charge in [-0.3, -0.25) is 9.48 Å². The molecule has 0 spiro atoms. The summed E-state index contributed by atoms with van der Waals surface area (Å²) in [5, 5.41) is 4.47. The summed E-state index contributed by atoms with van der Waals surface area (Å²) in [6, 6.07) is 3.99. The third-order valence-electron chi connectivity index (χ3n) is 3.24. The summed E-state index contributed by atoms with van der Waals surface area (Å²) in [7, 11) is 1.66. The van der Waals surface area contributed by atoms with E-state index in [2.05, 4.69) is 5.10 Å². The molecule has 1 heterocycles. The number of aromatic nitrogens is 2. The SMILES string of the molecule is CCn1cc(C=O)c(-c2cc(C)c(OC)cc2C)n1. The summed E-state index contributed by atoms with van der Waals surface area (Å²) in [5.41, 5.74) is 4.42. The minimum atomic E-state index is 0.620. The van der Waals surface area contributed by atoms with Crippen molar-refractivity contribution < 1.29 is 9.53 Å². The number of aryl methyl sites for hydroxylation is 3. The van der Waals surface area contributed by atoms with Crippen molar-refractivity contribution in [3.05, 3.63) is 35.0 Å². The van der Waals surface area contributed by atoms with E-state index < -0.39 is 0 Å². The lowest BCUT2D eigenvalue weighted by molar-refractivity contribution is 0.112. The Balaban J connectivity index is 2.61. The van der Waals surface area contributed by atoms with E-state index in [0.717, 1.165) is 41.0 Å². The highest BCUT2D eigenvalue weighted by molar-refractivity contribution is 5.86. The second-order valence-electron chi connectivity index (χ2n) is 4.54. The molecule has 0 amide bonds. The molecule has 2 rings (SSSR count). The number of carbonyl (C=O) groups is 1. The van der Waals surface area contributed by atoms with Gasteiger partial charge >= 0.3 is 0 Å². The van der Waals surface area contributed by atoms with Gasteiger partial charge in [-0.2, -0.15) is 5.10 Å². The van der Waals surface area contributed by atoms with Gasteiger partial charge in [0, 0.05) is 18.3 Å². The van der Waals surface area contributed by atoms with Crippen molar-refractivity contribution in [2.24, 2.45) is 0 Å². The van der Waals surface area contributed by atoms with Crippen LogP contribution in [0.15, 0.2) is 18.3 Å². The number of carbonyl (C=O) groups excluding carboxylic acids is 1. The monoisotopic (exact) mass is 258 g/mol. The first-order valence-corrected chi connectivity index (χ1v) is 6.29. The summed E-state index contributed by atoms with van der Waals surface area (Å²) < 4.78 is 7.08. The number of hydrogen-bond acceptors (Lipinski definition) is 3. The molecule has 1 aromatic heterocycles. The fourth-order valence-electron chi connectivity index (χ4n) is 2.16. The minimum absolute atomic E-state index is 0.620. The van der Waals surface area contributed by atoms with Crippen LogP contribution >= 0.6 is 0 Å². The van der Waals surface area contributed by atoms with E-state index in [4.69, 9.17) is 4.74 Å². The topological polar surface area (TPSA) is 44.1 Å². The highest BCUT2D eigenvalue weighted by Crippen LogP contribution is 2.30. The largest absolute Gasteiger partial charge is 0.496 e. The van der Waals surface area contributed by atoms with Crippen LogP contribution in [0.25, 0.3) is 11.3 Å². The van der Waals surface area contributed by atoms with Crippen molar-refractivity contribution in [3.63, 3.8) is 0 Å². The van der Waals surface area contributed by atoms with E-state index in [9.17, 15) is 4.79 Å². The molecule has 0 N–H and O–H groups in total. The lowest BCUT2D eigenvalue weighted by atomic mass is 10.00. The number of hydrogen-bond donors (Lipinski definition) is 0. The Morgan fingerprint density at radius 3 is 2.63 bits per heavy atom. The molecule has 0 aliphatic rings. The first-order chi connectivity index (χ1) is 9.10. The lowest BCUT2D eigenvalue weighted by Gasteiger charge is -2.10. The second kappa shape index (κ2) is 5.26. The van der Waals surface area contributed by atoms with Crippen molar-refractivity contribution in [3.8, 4) is 17.0 Å². The molecule has 2 aromatic rings. The molecule has 100 valence electrons. The van der Waals surface area contributed by atoms with Gasteiger partial charge in [0.1, 0.15) is 11.4 Å². The van der Waals surface area contributed by atoms with Crippen LogP contribution in [0.4, 0.5) is 0 Å². The highest BCUT2D eigenvalue weighted by Gasteiger charge is 2.14. The number of nitrogens with zero attached hydrogens (tertiary/aromatic N) is 2. The zero-order chi connectivity index (χ0) is 14.0. The zero-order valence-corrected chi connectivity index (χ0v) is 11.7. The third-order valence-corrected chi connectivity index (χ3v) is 3.24. The number of aldehydes is 1. The summed E-state index contributed by atoms with van der Waals surface area (Å²) in [4.78, 5) is 11.2. The molecule has 0 bridgehead atoms. The maximum Gasteiger partial charge on any atom is 0.153 e. The van der Waals surface area contributed by atoms with E-state index in [-0.39, 0.29) is 0 Å². The molecule has 4 nitrogen and oxygen atoms in total. The van der Waals surface area contributed by atoms with Gasteiger partial charge in [-0.1, -0.05) is 0 Å². The zero-order valence-electron chi connectivity index (χ0n) is 11.7. The van der Waals surface area contributed by atoms with E-state index in [0.29, 0.717) is 5.56 Å². The van der Waals surface area contributed by atoms with Crippen molar-refractivity contribution in [2.75, 3.05) is 7.11 Å². The van der Waals surface area contributed by atoms with Crippen LogP contribution in [0.5, 0.6) is 5.75 Å². The van der Waals surface area contributed by atoms with Crippen molar-refractivity contribution in [2.45, 2.75) is 27.3 Å². The number of methoxy groups -OCH3 is 1. The Bertz CT molecular complexity index is 615. The molecule has 0 atom stereocenters. The quantitative estimate of drug-likeness (QED) is 0.792. The van der Waals surface area contributed by atoms with Gasteiger partial charge in [0.25, 0.3) is 0 Å². The van der Waals surface area contributed by atoms with Gasteiger partial charge in [-0.25, -0.2) is 0 Å². The number of ether oxygens (including phenoxy) is 1. The fourth-order valence-corrected chi connectivity index (χ4v) is 2.16. The van der Waals surface area contributed by atoms with Crippen LogP contribution < -0.4 is 4.74 Å². The predicted octanol–water partition coefficient (Wildman–Crippen LogP) is 3.01. The fraction of sp³-hybridized carbons (Fsp3) is 0.333. The van der Waals surface area contributed by atoms with Crippen molar-refractivity contribution in [1.82, 2.24) is 9.78 Å². The molecule has 0 saturated carbocycles. The molecule has 1 aromatic carbocycles. The summed E-state index contributed by atoms with van der Waals surface area (Å²) >= 11 is 0. The Morgan fingerprint density at radius 1 is 1.32 bits per heavy atom. The molecule has 19 heavy (non-hydrogen) atoms. The van der Waals surface area contributed by atoms with Crippen LogP contribution in [-0.4, -0.2) is 23.2 Å². The van der Waals surface area contributed by atoms with Crippen LogP contribution in [0.3, 0.4) is 0 Å². The van der Waals surface area contributed by atoms with Gasteiger partial charge < -0.3 is 4.74 Å². The maximum absolute atomic E-state index is 11.2. The van der Waals surface area contributed by atoms with Crippen LogP contribution in [-0.2, 0) is 6.54 Å². The average molecular weight is 258 g/mol. The van der Waals surface area contributed by atoms with E-state index in [1.54, 1.807) is 18.0 Å². The van der Waals surface area contributed by atoms with Gasteiger partial charge in [-0.15, -0.1) is 0 Å². The smallest absolute Gasteiger partial charge is 0.153 e. The van der Waals surface area contributed by atoms with Gasteiger partial charge in [0.2, 0.25) is 0 Å². The van der Waals surface area contributed by atoms with E-state index in [1.165, 1.54) is 0 Å². The average Bonchev–Trinajstić information content (AvgIpc) is 2.84. The van der Waals surface area contributed by atoms with Gasteiger partial charge in [-0.05, 0) is 44.0 Å². The molecule has 0 fully saturated rings. The molecule has 4 heteroatoms. The predicted molar refractivity (Wildman–Crippen MR) is 74.8 cm³/mol. The molecule has 0 aliphatic carbocycles. The summed E-state index contributed by atoms with van der Waals surface area (Å²) in [6.45, 7) is 6.72. The first kappa shape index (κ1) is 13.3. The third kappa shape index (κ3) is 2.38. The lowest BCUT2D eigenvalue weighted by Crippen LogP contribution is -1.96. The number of rotatable bonds is 4. The van der Waals surface area contributed by atoms with E-state index in [1.807, 2.05) is 32.9 Å². The van der Waals surface area contributed by atoms with Crippen molar-refractivity contribution >= 4 is 6.29 Å². The van der Waals surface area contributed by atoms with E-state index >= 15 is 0 Å². The second-order valence-corrected chi connectivity index (χ2v) is 4.54. The Kier molecular flexibility index (Phi) is 3.69. The molecular weight excluding hydrogens is 240 g/mol. The molecular formula is C15H18N2O2. The molecule has 0 saturated heterocycles. The molecule has 0 aliphatic heterocycles. The van der Waals surface area contributed by atoms with Crippen LogP contribution in [0.1, 0.15) is 28.4 Å².